The Hall–Kier alpha value is -1.56. The van der Waals surface area contributed by atoms with E-state index >= 15 is 0 Å². The topological polar surface area (TPSA) is 57.7 Å². The smallest absolute Gasteiger partial charge is 0.232 e. The molecule has 0 aromatic heterocycles. The van der Waals surface area contributed by atoms with Crippen molar-refractivity contribution < 1.29 is 13.2 Å². The van der Waals surface area contributed by atoms with Gasteiger partial charge in [0.25, 0.3) is 0 Å². The van der Waals surface area contributed by atoms with Crippen molar-refractivity contribution in [1.82, 2.24) is 4.90 Å². The summed E-state index contributed by atoms with van der Waals surface area (Å²) in [5, 5.41) is 0. The van der Waals surface area contributed by atoms with E-state index in [1.165, 1.54) is 10.6 Å². The van der Waals surface area contributed by atoms with Gasteiger partial charge in [0.2, 0.25) is 15.9 Å². The van der Waals surface area contributed by atoms with Crippen LogP contribution in [0.25, 0.3) is 0 Å². The molecule has 0 radical (unpaired) electrons. The predicted octanol–water partition coefficient (Wildman–Crippen LogP) is 3.11. The molecule has 1 aliphatic rings. The Labute approximate surface area is 152 Å². The van der Waals surface area contributed by atoms with E-state index in [1.807, 2.05) is 36.9 Å². The Morgan fingerprint density at radius 2 is 1.88 bits per heavy atom. The molecule has 0 aliphatic carbocycles. The van der Waals surface area contributed by atoms with Gasteiger partial charge >= 0.3 is 0 Å². The van der Waals surface area contributed by atoms with Crippen molar-refractivity contribution in [2.75, 3.05) is 30.2 Å². The van der Waals surface area contributed by atoms with E-state index < -0.39 is 10.0 Å². The number of carbonyl (C=O) groups is 1. The molecule has 0 unspecified atom stereocenters. The number of benzene rings is 1. The molecule has 1 aromatic carbocycles. The average Bonchev–Trinajstić information content (AvgIpc) is 2.54. The van der Waals surface area contributed by atoms with Crippen LogP contribution in [0.15, 0.2) is 18.2 Å². The van der Waals surface area contributed by atoms with Crippen LogP contribution in [0, 0.1) is 19.8 Å². The molecule has 0 bridgehead atoms. The van der Waals surface area contributed by atoms with Crippen molar-refractivity contribution >= 4 is 21.6 Å². The maximum absolute atomic E-state index is 12.4. The van der Waals surface area contributed by atoms with Crippen LogP contribution >= 0.6 is 0 Å². The maximum Gasteiger partial charge on any atom is 0.232 e. The first-order chi connectivity index (χ1) is 11.7. The second-order valence-electron chi connectivity index (χ2n) is 7.22. The third kappa shape index (κ3) is 5.21. The highest BCUT2D eigenvalue weighted by atomic mass is 32.2. The van der Waals surface area contributed by atoms with Crippen molar-refractivity contribution in [2.24, 2.45) is 5.92 Å². The number of amides is 1. The van der Waals surface area contributed by atoms with Crippen LogP contribution in [0.2, 0.25) is 0 Å². The van der Waals surface area contributed by atoms with Crippen molar-refractivity contribution in [1.29, 1.82) is 0 Å². The zero-order chi connectivity index (χ0) is 18.6. The second kappa shape index (κ2) is 8.21. The van der Waals surface area contributed by atoms with Gasteiger partial charge in [-0.3, -0.25) is 9.10 Å². The summed E-state index contributed by atoms with van der Waals surface area (Å²) < 4.78 is 25.9. The van der Waals surface area contributed by atoms with Gasteiger partial charge in [0.05, 0.1) is 11.9 Å². The largest absolute Gasteiger partial charge is 0.343 e. The minimum atomic E-state index is -3.38. The second-order valence-corrected chi connectivity index (χ2v) is 9.13. The highest BCUT2D eigenvalue weighted by Crippen LogP contribution is 2.25. The molecule has 1 aliphatic heterocycles. The van der Waals surface area contributed by atoms with Gasteiger partial charge in [0, 0.05) is 26.1 Å². The molecular formula is C19H30N2O3S. The van der Waals surface area contributed by atoms with Gasteiger partial charge in [-0.2, -0.15) is 0 Å². The van der Waals surface area contributed by atoms with Gasteiger partial charge in [0.15, 0.2) is 0 Å². The minimum Gasteiger partial charge on any atom is -0.343 e. The lowest BCUT2D eigenvalue weighted by molar-refractivity contribution is -0.132. The van der Waals surface area contributed by atoms with Crippen LogP contribution in [0.4, 0.5) is 5.69 Å². The number of hydrogen-bond donors (Lipinski definition) is 0. The molecular weight excluding hydrogens is 336 g/mol. The molecule has 25 heavy (non-hydrogen) atoms. The van der Waals surface area contributed by atoms with Crippen molar-refractivity contribution in [3.8, 4) is 0 Å². The Morgan fingerprint density at radius 3 is 2.48 bits per heavy atom. The summed E-state index contributed by atoms with van der Waals surface area (Å²) in [6.07, 6.45) is 4.27. The quantitative estimate of drug-likeness (QED) is 0.777. The Bertz CT molecular complexity index is 707. The normalized spacial score (nSPS) is 16.1. The van der Waals surface area contributed by atoms with E-state index in [0.29, 0.717) is 31.0 Å². The summed E-state index contributed by atoms with van der Waals surface area (Å²) >= 11 is 0. The van der Waals surface area contributed by atoms with Gasteiger partial charge in [0.1, 0.15) is 0 Å². The molecule has 5 nitrogen and oxygen atoms in total. The first-order valence-corrected chi connectivity index (χ1v) is 10.9. The number of carbonyl (C=O) groups excluding carboxylic acids is 1. The van der Waals surface area contributed by atoms with E-state index in [1.54, 1.807) is 0 Å². The molecule has 0 saturated carbocycles. The molecule has 2 rings (SSSR count). The van der Waals surface area contributed by atoms with Gasteiger partial charge in [-0.15, -0.1) is 0 Å². The lowest BCUT2D eigenvalue weighted by Crippen LogP contribution is -2.38. The lowest BCUT2D eigenvalue weighted by Gasteiger charge is -2.31. The lowest BCUT2D eigenvalue weighted by atomic mass is 9.99. The van der Waals surface area contributed by atoms with Gasteiger partial charge in [-0.05, 0) is 56.2 Å². The van der Waals surface area contributed by atoms with E-state index in [4.69, 9.17) is 0 Å². The third-order valence-corrected chi connectivity index (χ3v) is 6.31. The van der Waals surface area contributed by atoms with E-state index in [9.17, 15) is 13.2 Å². The van der Waals surface area contributed by atoms with E-state index in [0.717, 1.165) is 37.1 Å². The first-order valence-electron chi connectivity index (χ1n) is 9.02. The molecule has 0 atom stereocenters. The molecule has 1 aromatic rings. The molecule has 0 spiro atoms. The maximum atomic E-state index is 12.4. The van der Waals surface area contributed by atoms with Gasteiger partial charge in [-0.25, -0.2) is 8.42 Å². The standard InChI is InChI=1S/C19H30N2O3S/c1-15-10-13-20(14-11-15)19(22)9-6-12-21(25(4,23)24)18-8-5-7-16(2)17(18)3/h5,7-8,15H,6,9-14H2,1-4H3. The van der Waals surface area contributed by atoms with Crippen LogP contribution in [0.1, 0.15) is 43.7 Å². The number of sulfonamides is 1. The first kappa shape index (κ1) is 19.8. The summed E-state index contributed by atoms with van der Waals surface area (Å²) in [7, 11) is -3.38. The molecule has 0 N–H and O–H groups in total. The molecule has 6 heteroatoms. The zero-order valence-electron chi connectivity index (χ0n) is 15.8. The molecule has 1 fully saturated rings. The van der Waals surface area contributed by atoms with Crippen molar-refractivity contribution in [3.63, 3.8) is 0 Å². The van der Waals surface area contributed by atoms with E-state index in [-0.39, 0.29) is 5.91 Å². The zero-order valence-corrected chi connectivity index (χ0v) is 16.6. The van der Waals surface area contributed by atoms with Crippen LogP contribution in [-0.4, -0.2) is 45.1 Å². The van der Waals surface area contributed by atoms with Crippen molar-refractivity contribution in [3.05, 3.63) is 29.3 Å². The van der Waals surface area contributed by atoms with Crippen LogP contribution in [0.3, 0.4) is 0 Å². The van der Waals surface area contributed by atoms with Gasteiger partial charge in [-0.1, -0.05) is 19.1 Å². The van der Waals surface area contributed by atoms with Crippen LogP contribution in [0.5, 0.6) is 0 Å². The summed E-state index contributed by atoms with van der Waals surface area (Å²) in [4.78, 5) is 14.3. The number of aryl methyl sites for hydroxylation is 1. The average molecular weight is 367 g/mol. The minimum absolute atomic E-state index is 0.140. The molecule has 1 amide bonds. The number of piperidine rings is 1. The number of anilines is 1. The number of hydrogen-bond acceptors (Lipinski definition) is 3. The SMILES string of the molecule is Cc1cccc(N(CCCC(=O)N2CCC(C)CC2)S(C)(=O)=O)c1C. The van der Waals surface area contributed by atoms with Crippen LogP contribution in [-0.2, 0) is 14.8 Å². The monoisotopic (exact) mass is 366 g/mol. The highest BCUT2D eigenvalue weighted by Gasteiger charge is 2.22. The van der Waals surface area contributed by atoms with Gasteiger partial charge < -0.3 is 4.90 Å². The Kier molecular flexibility index (Phi) is 6.49. The fourth-order valence-electron chi connectivity index (χ4n) is 3.26. The predicted molar refractivity (Wildman–Crippen MR) is 102 cm³/mol. The summed E-state index contributed by atoms with van der Waals surface area (Å²) in [5.41, 5.74) is 2.73. The molecule has 140 valence electrons. The van der Waals surface area contributed by atoms with Crippen LogP contribution < -0.4 is 4.31 Å². The highest BCUT2D eigenvalue weighted by molar-refractivity contribution is 7.92. The third-order valence-electron chi connectivity index (χ3n) is 5.13. The summed E-state index contributed by atoms with van der Waals surface area (Å²) in [6, 6.07) is 5.67. The Morgan fingerprint density at radius 1 is 1.24 bits per heavy atom. The fraction of sp³-hybridized carbons (Fsp3) is 0.632. The van der Waals surface area contributed by atoms with Crippen molar-refractivity contribution in [2.45, 2.75) is 46.5 Å². The number of nitrogens with zero attached hydrogens (tertiary/aromatic N) is 2. The number of likely N-dealkylation sites (tertiary alicyclic amines) is 1. The van der Waals surface area contributed by atoms with E-state index in [2.05, 4.69) is 6.92 Å². The summed E-state index contributed by atoms with van der Waals surface area (Å²) in [5.74, 6) is 0.829. The molecule has 1 heterocycles. The molecule has 1 saturated heterocycles. The number of rotatable bonds is 6. The fourth-order valence-corrected chi connectivity index (χ4v) is 4.28. The Balaban J connectivity index is 2.00. The summed E-state index contributed by atoms with van der Waals surface area (Å²) in [6.45, 7) is 8.11.